The van der Waals surface area contributed by atoms with Gasteiger partial charge in [-0.25, -0.2) is 0 Å². The van der Waals surface area contributed by atoms with E-state index in [-0.39, 0.29) is 13.1 Å². The van der Waals surface area contributed by atoms with E-state index < -0.39 is 30.2 Å². The Morgan fingerprint density at radius 3 is 2.10 bits per heavy atom. The van der Waals surface area contributed by atoms with Crippen LogP contribution in [-0.2, 0) is 4.79 Å². The molecule has 1 amide bonds. The van der Waals surface area contributed by atoms with Crippen molar-refractivity contribution in [2.45, 2.75) is 44.1 Å². The molecule has 0 radical (unpaired) electrons. The Kier molecular flexibility index (Phi) is 5.28. The first-order chi connectivity index (χ1) is 9.09. The minimum atomic E-state index is -5.65. The number of alkyl halides is 6. The number of carbonyl (C=O) groups excluding carboxylic acids is 1. The molecule has 1 aliphatic heterocycles. The molecule has 1 unspecified atom stereocenters. The van der Waals surface area contributed by atoms with Crippen LogP contribution >= 0.6 is 0 Å². The minimum Gasteiger partial charge on any atom is -0.338 e. The van der Waals surface area contributed by atoms with E-state index in [0.717, 1.165) is 0 Å². The molecule has 3 nitrogen and oxygen atoms in total. The molecule has 1 fully saturated rings. The third kappa shape index (κ3) is 4.00. The van der Waals surface area contributed by atoms with Crippen LogP contribution in [0.5, 0.6) is 0 Å². The Bertz CT molecular complexity index is 327. The number of amides is 1. The highest BCUT2D eigenvalue weighted by Crippen LogP contribution is 2.41. The Morgan fingerprint density at radius 2 is 1.65 bits per heavy atom. The van der Waals surface area contributed by atoms with Gasteiger partial charge in [-0.2, -0.15) is 26.3 Å². The molecule has 0 aromatic heterocycles. The predicted octanol–water partition coefficient (Wildman–Crippen LogP) is 2.46. The lowest BCUT2D eigenvalue weighted by molar-refractivity contribution is -0.278. The number of hydrogen-bond acceptors (Lipinski definition) is 2. The van der Waals surface area contributed by atoms with Crippen molar-refractivity contribution in [1.82, 2.24) is 4.90 Å². The fourth-order valence-electron chi connectivity index (χ4n) is 2.34. The van der Waals surface area contributed by atoms with Gasteiger partial charge in [0.05, 0.1) is 0 Å². The monoisotopic (exact) mass is 306 g/mol. The van der Waals surface area contributed by atoms with Crippen LogP contribution in [0.15, 0.2) is 0 Å². The third-order valence-corrected chi connectivity index (χ3v) is 3.33. The molecule has 1 heterocycles. The first-order valence-corrected chi connectivity index (χ1v) is 6.23. The van der Waals surface area contributed by atoms with E-state index in [1.165, 1.54) is 0 Å². The van der Waals surface area contributed by atoms with Crippen LogP contribution in [0.1, 0.15) is 25.7 Å². The quantitative estimate of drug-likeness (QED) is 0.797. The zero-order valence-corrected chi connectivity index (χ0v) is 10.6. The number of nitrogens with two attached hydrogens (primary N) is 1. The molecule has 0 spiro atoms. The summed E-state index contributed by atoms with van der Waals surface area (Å²) in [5, 5.41) is 0. The third-order valence-electron chi connectivity index (χ3n) is 3.33. The average molecular weight is 306 g/mol. The van der Waals surface area contributed by atoms with Gasteiger partial charge >= 0.3 is 12.4 Å². The molecule has 20 heavy (non-hydrogen) atoms. The minimum absolute atomic E-state index is 0.122. The zero-order chi connectivity index (χ0) is 15.6. The van der Waals surface area contributed by atoms with Gasteiger partial charge in [0.2, 0.25) is 11.8 Å². The van der Waals surface area contributed by atoms with Crippen LogP contribution in [0, 0.1) is 5.92 Å². The van der Waals surface area contributed by atoms with Crippen LogP contribution in [0.3, 0.4) is 0 Å². The summed E-state index contributed by atoms with van der Waals surface area (Å²) in [5.41, 5.74) is 5.36. The molecular formula is C11H16F6N2O. The van der Waals surface area contributed by atoms with Crippen molar-refractivity contribution < 1.29 is 31.1 Å². The lowest BCUT2D eigenvalue weighted by Crippen LogP contribution is -2.54. The molecule has 9 heteroatoms. The number of carbonyl (C=O) groups is 1. The van der Waals surface area contributed by atoms with Gasteiger partial charge in [0.15, 0.2) is 0 Å². The molecule has 0 aliphatic carbocycles. The van der Waals surface area contributed by atoms with Gasteiger partial charge in [0.1, 0.15) is 0 Å². The highest BCUT2D eigenvalue weighted by atomic mass is 19.4. The smallest absolute Gasteiger partial charge is 0.338 e. The number of nitrogens with zero attached hydrogens (tertiary/aromatic N) is 1. The number of rotatable bonds is 2. The highest BCUT2D eigenvalue weighted by Gasteiger charge is 2.62. The van der Waals surface area contributed by atoms with Crippen LogP contribution in [0.2, 0.25) is 0 Å². The van der Waals surface area contributed by atoms with Crippen molar-refractivity contribution in [3.8, 4) is 0 Å². The lowest BCUT2D eigenvalue weighted by Gasteiger charge is -2.33. The molecule has 0 aromatic carbocycles. The van der Waals surface area contributed by atoms with Crippen molar-refractivity contribution in [3.63, 3.8) is 0 Å². The van der Waals surface area contributed by atoms with E-state index in [1.807, 2.05) is 0 Å². The predicted molar refractivity (Wildman–Crippen MR) is 58.6 cm³/mol. The van der Waals surface area contributed by atoms with Crippen LogP contribution < -0.4 is 5.73 Å². The number of likely N-dealkylation sites (tertiary alicyclic amines) is 1. The second-order valence-electron chi connectivity index (χ2n) is 4.79. The van der Waals surface area contributed by atoms with Crippen molar-refractivity contribution in [2.24, 2.45) is 11.7 Å². The van der Waals surface area contributed by atoms with Crippen LogP contribution in [-0.4, -0.2) is 42.3 Å². The Balaban J connectivity index is 3.03. The molecule has 1 saturated heterocycles. The molecule has 1 rings (SSSR count). The van der Waals surface area contributed by atoms with Gasteiger partial charge < -0.3 is 10.6 Å². The fourth-order valence-corrected chi connectivity index (χ4v) is 2.34. The van der Waals surface area contributed by atoms with Gasteiger partial charge in [-0.3, -0.25) is 4.79 Å². The van der Waals surface area contributed by atoms with E-state index in [1.54, 1.807) is 0 Å². The average Bonchev–Trinajstić information content (AvgIpc) is 2.49. The summed E-state index contributed by atoms with van der Waals surface area (Å²) >= 11 is 0. The first kappa shape index (κ1) is 17.1. The van der Waals surface area contributed by atoms with Crippen molar-refractivity contribution in [3.05, 3.63) is 0 Å². The lowest BCUT2D eigenvalue weighted by atomic mass is 10.0. The SMILES string of the molecule is NCC1CCCCCN1C(=O)C(C(F)(F)F)C(F)(F)F. The van der Waals surface area contributed by atoms with Crippen molar-refractivity contribution in [2.75, 3.05) is 13.1 Å². The first-order valence-electron chi connectivity index (χ1n) is 6.23. The second-order valence-corrected chi connectivity index (χ2v) is 4.79. The number of halogens is 6. The molecule has 1 aliphatic rings. The molecule has 0 aromatic rings. The van der Waals surface area contributed by atoms with E-state index >= 15 is 0 Å². The topological polar surface area (TPSA) is 46.3 Å². The Morgan fingerprint density at radius 1 is 1.10 bits per heavy atom. The van der Waals surface area contributed by atoms with E-state index in [2.05, 4.69) is 0 Å². The second kappa shape index (κ2) is 6.19. The summed E-state index contributed by atoms with van der Waals surface area (Å²) in [6, 6.07) is -0.766. The van der Waals surface area contributed by atoms with Gasteiger partial charge in [0.25, 0.3) is 0 Å². The van der Waals surface area contributed by atoms with Crippen LogP contribution in [0.25, 0.3) is 0 Å². The normalized spacial score (nSPS) is 22.0. The summed E-state index contributed by atoms with van der Waals surface area (Å²) in [7, 11) is 0. The van der Waals surface area contributed by atoms with E-state index in [9.17, 15) is 31.1 Å². The standard InChI is InChI=1S/C11H16F6N2O/c12-10(13,14)8(11(15,16)17)9(20)19-5-3-1-2-4-7(19)6-18/h7-8H,1-6,18H2. The maximum Gasteiger partial charge on any atom is 0.409 e. The van der Waals surface area contributed by atoms with Gasteiger partial charge in [0, 0.05) is 19.1 Å². The van der Waals surface area contributed by atoms with Crippen molar-refractivity contribution >= 4 is 5.91 Å². The summed E-state index contributed by atoms with van der Waals surface area (Å²) < 4.78 is 75.3. The largest absolute Gasteiger partial charge is 0.409 e. The number of hydrogen-bond donors (Lipinski definition) is 1. The molecule has 118 valence electrons. The molecule has 2 N–H and O–H groups in total. The summed E-state index contributed by atoms with van der Waals surface area (Å²) in [5.74, 6) is -5.91. The Labute approximate surface area is 112 Å². The maximum atomic E-state index is 12.6. The van der Waals surface area contributed by atoms with Crippen molar-refractivity contribution in [1.29, 1.82) is 0 Å². The van der Waals surface area contributed by atoms with E-state index in [0.29, 0.717) is 30.6 Å². The maximum absolute atomic E-state index is 12.6. The summed E-state index contributed by atoms with van der Waals surface area (Å²) in [6.45, 7) is -0.266. The fraction of sp³-hybridized carbons (Fsp3) is 0.909. The van der Waals surface area contributed by atoms with E-state index in [4.69, 9.17) is 5.73 Å². The zero-order valence-electron chi connectivity index (χ0n) is 10.6. The summed E-state index contributed by atoms with van der Waals surface area (Å²) in [4.78, 5) is 12.4. The molecule has 0 bridgehead atoms. The van der Waals surface area contributed by atoms with Gasteiger partial charge in [-0.1, -0.05) is 12.8 Å². The molecule has 1 atom stereocenters. The van der Waals surface area contributed by atoms with Gasteiger partial charge in [-0.15, -0.1) is 0 Å². The molecular weight excluding hydrogens is 290 g/mol. The van der Waals surface area contributed by atoms with Crippen LogP contribution in [0.4, 0.5) is 26.3 Å². The Hall–Kier alpha value is -0.990. The highest BCUT2D eigenvalue weighted by molar-refractivity contribution is 5.80. The summed E-state index contributed by atoms with van der Waals surface area (Å²) in [6.07, 6.45) is -9.31. The molecule has 0 saturated carbocycles. The van der Waals surface area contributed by atoms with Gasteiger partial charge in [-0.05, 0) is 12.8 Å².